The molecule has 0 spiro atoms. The molecule has 0 atom stereocenters. The predicted molar refractivity (Wildman–Crippen MR) is 91.0 cm³/mol. The summed E-state index contributed by atoms with van der Waals surface area (Å²) in [5, 5.41) is 21.0. The summed E-state index contributed by atoms with van der Waals surface area (Å²) in [5.74, 6) is 0.185. The molecule has 2 aromatic carbocycles. The highest BCUT2D eigenvalue weighted by atomic mass is 79.9. The molecule has 22 heavy (non-hydrogen) atoms. The van der Waals surface area contributed by atoms with Gasteiger partial charge in [0, 0.05) is 12.1 Å². The molecule has 1 heterocycles. The highest BCUT2D eigenvalue weighted by molar-refractivity contribution is 9.10. The first kappa shape index (κ1) is 14.7. The Labute approximate surface area is 137 Å². The van der Waals surface area contributed by atoms with Crippen LogP contribution in [-0.2, 0) is 0 Å². The summed E-state index contributed by atoms with van der Waals surface area (Å²) < 4.78 is 1.52. The number of thiazole rings is 1. The Morgan fingerprint density at radius 1 is 1.23 bits per heavy atom. The van der Waals surface area contributed by atoms with Gasteiger partial charge in [0.25, 0.3) is 5.69 Å². The van der Waals surface area contributed by atoms with Crippen molar-refractivity contribution in [1.82, 2.24) is 4.98 Å². The molecular formula is C15H9BrN2O3S. The number of hydrogen-bond donors (Lipinski definition) is 1. The number of fused-ring (bicyclic) bond motifs is 1. The van der Waals surface area contributed by atoms with Crippen LogP contribution in [-0.4, -0.2) is 15.0 Å². The molecule has 1 N–H and O–H groups in total. The molecule has 0 bridgehead atoms. The number of phenols is 1. The number of aromatic hydroxyl groups is 1. The van der Waals surface area contributed by atoms with E-state index in [1.54, 1.807) is 24.3 Å². The molecule has 1 aromatic heterocycles. The van der Waals surface area contributed by atoms with Gasteiger partial charge in [-0.1, -0.05) is 12.1 Å². The van der Waals surface area contributed by atoms with E-state index in [1.165, 1.54) is 23.5 Å². The zero-order valence-corrected chi connectivity index (χ0v) is 13.5. The minimum Gasteiger partial charge on any atom is -0.507 e. The minimum atomic E-state index is -0.428. The third-order valence-electron chi connectivity index (χ3n) is 2.99. The molecule has 3 rings (SSSR count). The first-order valence-corrected chi connectivity index (χ1v) is 7.85. The van der Waals surface area contributed by atoms with E-state index in [4.69, 9.17) is 0 Å². The molecule has 0 amide bonds. The summed E-state index contributed by atoms with van der Waals surface area (Å²) in [7, 11) is 0. The standard InChI is InChI=1S/C15H9BrN2O3S/c16-11-7-9(1-4-13(11)19)2-6-15-17-12-8-10(18(20)21)3-5-14(12)22-15/h1-8,19H. The number of aromatic nitrogens is 1. The fraction of sp³-hybridized carbons (Fsp3) is 0. The molecule has 0 aliphatic carbocycles. The second-order valence-electron chi connectivity index (χ2n) is 4.51. The van der Waals surface area contributed by atoms with Gasteiger partial charge in [0.15, 0.2) is 0 Å². The van der Waals surface area contributed by atoms with Gasteiger partial charge in [0.05, 0.1) is 19.6 Å². The Hall–Kier alpha value is -2.25. The van der Waals surface area contributed by atoms with Crippen LogP contribution < -0.4 is 0 Å². The molecule has 0 aliphatic heterocycles. The number of phenolic OH excluding ortho intramolecular Hbond substituents is 1. The third-order valence-corrected chi connectivity index (χ3v) is 4.63. The van der Waals surface area contributed by atoms with Gasteiger partial charge in [0.2, 0.25) is 0 Å². The lowest BCUT2D eigenvalue weighted by Crippen LogP contribution is -1.86. The molecule has 7 heteroatoms. The van der Waals surface area contributed by atoms with Crippen molar-refractivity contribution in [3.63, 3.8) is 0 Å². The van der Waals surface area contributed by atoms with Crippen LogP contribution in [0.4, 0.5) is 5.69 Å². The zero-order valence-electron chi connectivity index (χ0n) is 11.1. The molecular weight excluding hydrogens is 368 g/mol. The van der Waals surface area contributed by atoms with Crippen molar-refractivity contribution in [3.8, 4) is 5.75 Å². The van der Waals surface area contributed by atoms with Gasteiger partial charge in [-0.15, -0.1) is 11.3 Å². The largest absolute Gasteiger partial charge is 0.507 e. The Bertz CT molecular complexity index is 905. The number of rotatable bonds is 3. The SMILES string of the molecule is O=[N+]([O-])c1ccc2sc(C=Cc3ccc(O)c(Br)c3)nc2c1. The molecule has 5 nitrogen and oxygen atoms in total. The summed E-state index contributed by atoms with van der Waals surface area (Å²) in [6.07, 6.45) is 3.71. The maximum atomic E-state index is 10.8. The van der Waals surface area contributed by atoms with Crippen LogP contribution in [0.15, 0.2) is 40.9 Å². The lowest BCUT2D eigenvalue weighted by Gasteiger charge is -1.97. The predicted octanol–water partition coefficient (Wildman–Crippen LogP) is 4.84. The van der Waals surface area contributed by atoms with Gasteiger partial charge in [-0.3, -0.25) is 10.1 Å². The molecule has 0 radical (unpaired) electrons. The van der Waals surface area contributed by atoms with Crippen LogP contribution in [0.5, 0.6) is 5.75 Å². The summed E-state index contributed by atoms with van der Waals surface area (Å²) in [6.45, 7) is 0. The van der Waals surface area contributed by atoms with E-state index in [1.807, 2.05) is 12.2 Å². The Balaban J connectivity index is 1.91. The highest BCUT2D eigenvalue weighted by Crippen LogP contribution is 2.28. The summed E-state index contributed by atoms with van der Waals surface area (Å²) in [4.78, 5) is 14.7. The van der Waals surface area contributed by atoms with Crippen molar-refractivity contribution < 1.29 is 10.0 Å². The molecule has 110 valence electrons. The number of nitrogens with zero attached hydrogens (tertiary/aromatic N) is 2. The highest BCUT2D eigenvalue weighted by Gasteiger charge is 2.09. The van der Waals surface area contributed by atoms with Crippen molar-refractivity contribution in [3.05, 3.63) is 61.6 Å². The van der Waals surface area contributed by atoms with Crippen LogP contribution in [0.2, 0.25) is 0 Å². The van der Waals surface area contributed by atoms with Crippen molar-refractivity contribution in [2.24, 2.45) is 0 Å². The normalized spacial score (nSPS) is 11.3. The van der Waals surface area contributed by atoms with E-state index in [0.717, 1.165) is 15.3 Å². The van der Waals surface area contributed by atoms with Crippen molar-refractivity contribution >= 4 is 55.3 Å². The average Bonchev–Trinajstić information content (AvgIpc) is 2.90. The lowest BCUT2D eigenvalue weighted by molar-refractivity contribution is -0.384. The van der Waals surface area contributed by atoms with Crippen LogP contribution in [0.3, 0.4) is 0 Å². The number of nitro benzene ring substituents is 1. The van der Waals surface area contributed by atoms with Gasteiger partial charge in [-0.05, 0) is 45.8 Å². The second kappa shape index (κ2) is 5.86. The molecule has 0 unspecified atom stereocenters. The number of benzene rings is 2. The van der Waals surface area contributed by atoms with Crippen molar-refractivity contribution in [2.45, 2.75) is 0 Å². The number of nitro groups is 1. The van der Waals surface area contributed by atoms with Crippen molar-refractivity contribution in [2.75, 3.05) is 0 Å². The second-order valence-corrected chi connectivity index (χ2v) is 6.42. The van der Waals surface area contributed by atoms with Gasteiger partial charge in [-0.2, -0.15) is 0 Å². The van der Waals surface area contributed by atoms with Gasteiger partial charge >= 0.3 is 0 Å². The van der Waals surface area contributed by atoms with Crippen LogP contribution in [0.1, 0.15) is 10.6 Å². The fourth-order valence-corrected chi connectivity index (χ4v) is 3.16. The van der Waals surface area contributed by atoms with Gasteiger partial charge in [0.1, 0.15) is 10.8 Å². The topological polar surface area (TPSA) is 76.3 Å². The van der Waals surface area contributed by atoms with E-state index in [-0.39, 0.29) is 11.4 Å². The zero-order chi connectivity index (χ0) is 15.7. The molecule has 0 saturated heterocycles. The summed E-state index contributed by atoms with van der Waals surface area (Å²) >= 11 is 4.72. The third kappa shape index (κ3) is 3.00. The smallest absolute Gasteiger partial charge is 0.271 e. The van der Waals surface area contributed by atoms with Crippen LogP contribution >= 0.6 is 27.3 Å². The maximum absolute atomic E-state index is 10.8. The van der Waals surface area contributed by atoms with Crippen LogP contribution in [0.25, 0.3) is 22.4 Å². The molecule has 0 saturated carbocycles. The number of non-ortho nitro benzene ring substituents is 1. The lowest BCUT2D eigenvalue weighted by atomic mass is 10.2. The first-order valence-electron chi connectivity index (χ1n) is 6.24. The molecule has 3 aromatic rings. The maximum Gasteiger partial charge on any atom is 0.271 e. The van der Waals surface area contributed by atoms with Gasteiger partial charge in [-0.25, -0.2) is 4.98 Å². The van der Waals surface area contributed by atoms with Gasteiger partial charge < -0.3 is 5.11 Å². The fourth-order valence-electron chi connectivity index (χ4n) is 1.91. The Morgan fingerprint density at radius 2 is 2.05 bits per heavy atom. The number of hydrogen-bond acceptors (Lipinski definition) is 5. The van der Waals surface area contributed by atoms with Crippen molar-refractivity contribution in [1.29, 1.82) is 0 Å². The summed E-state index contributed by atoms with van der Waals surface area (Å²) in [6, 6.07) is 9.84. The van der Waals surface area contributed by atoms with E-state index in [0.29, 0.717) is 9.99 Å². The van der Waals surface area contributed by atoms with E-state index in [2.05, 4.69) is 20.9 Å². The Morgan fingerprint density at radius 3 is 2.77 bits per heavy atom. The van der Waals surface area contributed by atoms with E-state index in [9.17, 15) is 15.2 Å². The summed E-state index contributed by atoms with van der Waals surface area (Å²) in [5.41, 5.74) is 1.57. The first-order chi connectivity index (χ1) is 10.5. The van der Waals surface area contributed by atoms with E-state index < -0.39 is 4.92 Å². The number of halogens is 1. The average molecular weight is 377 g/mol. The minimum absolute atomic E-state index is 0.0378. The molecule has 0 fully saturated rings. The monoisotopic (exact) mass is 376 g/mol. The quantitative estimate of drug-likeness (QED) is 0.523. The van der Waals surface area contributed by atoms with E-state index >= 15 is 0 Å². The Kier molecular flexibility index (Phi) is 3.91. The van der Waals surface area contributed by atoms with Crippen LogP contribution in [0, 0.1) is 10.1 Å². The molecule has 0 aliphatic rings.